The van der Waals surface area contributed by atoms with Crippen molar-refractivity contribution in [3.63, 3.8) is 0 Å². The fourth-order valence-corrected chi connectivity index (χ4v) is 2.13. The monoisotopic (exact) mass is 315 g/mol. The number of aromatic carboxylic acids is 2. The van der Waals surface area contributed by atoms with Crippen molar-refractivity contribution in [3.8, 4) is 5.88 Å². The fraction of sp³-hybridized carbons (Fsp3) is 0.235. The molecule has 2 rings (SSSR count). The van der Waals surface area contributed by atoms with E-state index >= 15 is 0 Å². The van der Waals surface area contributed by atoms with Crippen LogP contribution in [0.15, 0.2) is 36.4 Å². The molecule has 0 aliphatic rings. The molecule has 6 nitrogen and oxygen atoms in total. The second kappa shape index (κ2) is 7.40. The van der Waals surface area contributed by atoms with Crippen molar-refractivity contribution in [2.75, 3.05) is 0 Å². The number of rotatable bonds is 7. The van der Waals surface area contributed by atoms with Crippen LogP contribution >= 0.6 is 0 Å². The van der Waals surface area contributed by atoms with Crippen molar-refractivity contribution in [1.82, 2.24) is 4.98 Å². The summed E-state index contributed by atoms with van der Waals surface area (Å²) < 4.78 is 5.52. The SMILES string of the molecule is CCCc1nc(OCc2ccccc2)c(C(=O)O)cc1C(=O)O. The van der Waals surface area contributed by atoms with Crippen molar-refractivity contribution in [1.29, 1.82) is 0 Å². The average molecular weight is 315 g/mol. The molecule has 6 heteroatoms. The van der Waals surface area contributed by atoms with Crippen LogP contribution in [0.3, 0.4) is 0 Å². The topological polar surface area (TPSA) is 96.7 Å². The van der Waals surface area contributed by atoms with Crippen molar-refractivity contribution in [2.24, 2.45) is 0 Å². The van der Waals surface area contributed by atoms with Gasteiger partial charge in [0.2, 0.25) is 5.88 Å². The Balaban J connectivity index is 2.37. The van der Waals surface area contributed by atoms with Crippen LogP contribution < -0.4 is 4.74 Å². The van der Waals surface area contributed by atoms with Gasteiger partial charge in [-0.05, 0) is 18.1 Å². The molecule has 0 unspecified atom stereocenters. The molecule has 0 saturated heterocycles. The second-order valence-corrected chi connectivity index (χ2v) is 4.97. The molecule has 0 radical (unpaired) electrons. The number of carbonyl (C=O) groups is 2. The van der Waals surface area contributed by atoms with E-state index < -0.39 is 11.9 Å². The highest BCUT2D eigenvalue weighted by Crippen LogP contribution is 2.22. The summed E-state index contributed by atoms with van der Waals surface area (Å²) in [7, 11) is 0. The molecule has 0 aliphatic heterocycles. The molecule has 1 aromatic heterocycles. The minimum Gasteiger partial charge on any atom is -0.478 e. The number of carboxylic acid groups (broad SMARTS) is 2. The van der Waals surface area contributed by atoms with E-state index in [1.54, 1.807) is 0 Å². The molecule has 1 heterocycles. The Morgan fingerprint density at radius 2 is 1.74 bits per heavy atom. The number of hydrogen-bond donors (Lipinski definition) is 2. The molecule has 0 spiro atoms. The zero-order valence-electron chi connectivity index (χ0n) is 12.7. The predicted octanol–water partition coefficient (Wildman–Crippen LogP) is 3.01. The maximum absolute atomic E-state index is 11.4. The van der Waals surface area contributed by atoms with Gasteiger partial charge in [0.1, 0.15) is 12.2 Å². The fourth-order valence-electron chi connectivity index (χ4n) is 2.13. The van der Waals surface area contributed by atoms with Gasteiger partial charge in [0.05, 0.1) is 11.3 Å². The van der Waals surface area contributed by atoms with Crippen LogP contribution in [0.4, 0.5) is 0 Å². The largest absolute Gasteiger partial charge is 0.478 e. The zero-order valence-corrected chi connectivity index (χ0v) is 12.7. The van der Waals surface area contributed by atoms with E-state index in [4.69, 9.17) is 4.74 Å². The van der Waals surface area contributed by atoms with Gasteiger partial charge in [-0.2, -0.15) is 0 Å². The third-order valence-corrected chi connectivity index (χ3v) is 3.23. The third-order valence-electron chi connectivity index (χ3n) is 3.23. The Morgan fingerprint density at radius 3 is 2.30 bits per heavy atom. The lowest BCUT2D eigenvalue weighted by atomic mass is 10.1. The molecule has 0 saturated carbocycles. The zero-order chi connectivity index (χ0) is 16.8. The molecular weight excluding hydrogens is 298 g/mol. The lowest BCUT2D eigenvalue weighted by Crippen LogP contribution is -2.12. The number of ether oxygens (including phenoxy) is 1. The Labute approximate surface area is 133 Å². The number of pyridine rings is 1. The van der Waals surface area contributed by atoms with Crippen LogP contribution in [0.5, 0.6) is 5.88 Å². The van der Waals surface area contributed by atoms with Gasteiger partial charge in [0.25, 0.3) is 0 Å². The summed E-state index contributed by atoms with van der Waals surface area (Å²) in [5.74, 6) is -2.53. The highest BCUT2D eigenvalue weighted by molar-refractivity contribution is 5.95. The number of aromatic nitrogens is 1. The molecular formula is C17H17NO5. The van der Waals surface area contributed by atoms with E-state index in [2.05, 4.69) is 4.98 Å². The van der Waals surface area contributed by atoms with Crippen molar-refractivity contribution < 1.29 is 24.5 Å². The van der Waals surface area contributed by atoms with E-state index in [9.17, 15) is 19.8 Å². The minimum atomic E-state index is -1.27. The second-order valence-electron chi connectivity index (χ2n) is 4.97. The smallest absolute Gasteiger partial charge is 0.341 e. The molecule has 0 bridgehead atoms. The van der Waals surface area contributed by atoms with Gasteiger partial charge in [-0.15, -0.1) is 0 Å². The summed E-state index contributed by atoms with van der Waals surface area (Å²) >= 11 is 0. The summed E-state index contributed by atoms with van der Waals surface area (Å²) in [6.07, 6.45) is 1.13. The van der Waals surface area contributed by atoms with Gasteiger partial charge in [-0.1, -0.05) is 43.7 Å². The van der Waals surface area contributed by atoms with Crippen molar-refractivity contribution >= 4 is 11.9 Å². The summed E-state index contributed by atoms with van der Waals surface area (Å²) in [4.78, 5) is 26.8. The molecule has 1 aromatic carbocycles. The number of carboxylic acids is 2. The maximum atomic E-state index is 11.4. The van der Waals surface area contributed by atoms with Crippen LogP contribution in [-0.4, -0.2) is 27.1 Å². The normalized spacial score (nSPS) is 10.3. The summed E-state index contributed by atoms with van der Waals surface area (Å²) in [6, 6.07) is 10.4. The first-order chi connectivity index (χ1) is 11.0. The number of aryl methyl sites for hydroxylation is 1. The number of benzene rings is 1. The Hall–Kier alpha value is -2.89. The van der Waals surface area contributed by atoms with Gasteiger partial charge in [0, 0.05) is 0 Å². The first-order valence-electron chi connectivity index (χ1n) is 7.20. The molecule has 23 heavy (non-hydrogen) atoms. The Bertz CT molecular complexity index is 712. The molecule has 0 atom stereocenters. The first kappa shape index (κ1) is 16.5. The summed E-state index contributed by atoms with van der Waals surface area (Å²) in [6.45, 7) is 2.05. The highest BCUT2D eigenvalue weighted by Gasteiger charge is 2.21. The molecule has 0 fully saturated rings. The average Bonchev–Trinajstić information content (AvgIpc) is 2.53. The van der Waals surface area contributed by atoms with E-state index in [-0.39, 0.29) is 23.6 Å². The molecule has 2 aromatic rings. The third kappa shape index (κ3) is 4.06. The molecule has 120 valence electrons. The Morgan fingerprint density at radius 1 is 1.09 bits per heavy atom. The summed E-state index contributed by atoms with van der Waals surface area (Å²) in [5, 5.41) is 18.5. The van der Waals surface area contributed by atoms with E-state index in [1.807, 2.05) is 37.3 Å². The molecule has 2 N–H and O–H groups in total. The lowest BCUT2D eigenvalue weighted by molar-refractivity contribution is 0.0690. The van der Waals surface area contributed by atoms with Crippen LogP contribution in [0.1, 0.15) is 45.3 Å². The predicted molar refractivity (Wildman–Crippen MR) is 82.9 cm³/mol. The lowest BCUT2D eigenvalue weighted by Gasteiger charge is -2.12. The van der Waals surface area contributed by atoms with E-state index in [1.165, 1.54) is 0 Å². The number of hydrogen-bond acceptors (Lipinski definition) is 4. The van der Waals surface area contributed by atoms with Gasteiger partial charge in [-0.3, -0.25) is 0 Å². The van der Waals surface area contributed by atoms with Crippen LogP contribution in [-0.2, 0) is 13.0 Å². The van der Waals surface area contributed by atoms with Crippen molar-refractivity contribution in [3.05, 3.63) is 58.8 Å². The minimum absolute atomic E-state index is 0.0604. The highest BCUT2D eigenvalue weighted by atomic mass is 16.5. The summed E-state index contributed by atoms with van der Waals surface area (Å²) in [5.41, 5.74) is 0.840. The first-order valence-corrected chi connectivity index (χ1v) is 7.20. The van der Waals surface area contributed by atoms with Crippen molar-refractivity contribution in [2.45, 2.75) is 26.4 Å². The quantitative estimate of drug-likeness (QED) is 0.815. The van der Waals surface area contributed by atoms with E-state index in [0.29, 0.717) is 18.5 Å². The number of nitrogens with zero attached hydrogens (tertiary/aromatic N) is 1. The van der Waals surface area contributed by atoms with Gasteiger partial charge in [0.15, 0.2) is 0 Å². The van der Waals surface area contributed by atoms with Crippen LogP contribution in [0.2, 0.25) is 0 Å². The van der Waals surface area contributed by atoms with Gasteiger partial charge in [-0.25, -0.2) is 14.6 Å². The van der Waals surface area contributed by atoms with Crippen LogP contribution in [0.25, 0.3) is 0 Å². The molecule has 0 aliphatic carbocycles. The van der Waals surface area contributed by atoms with Crippen LogP contribution in [0, 0.1) is 0 Å². The van der Waals surface area contributed by atoms with Gasteiger partial charge < -0.3 is 14.9 Å². The standard InChI is InChI=1S/C17H17NO5/c1-2-6-14-12(16(19)20)9-13(17(21)22)15(18-14)23-10-11-7-4-3-5-8-11/h3-5,7-9H,2,6,10H2,1H3,(H,19,20)(H,21,22). The maximum Gasteiger partial charge on any atom is 0.341 e. The Kier molecular flexibility index (Phi) is 5.30. The molecule has 0 amide bonds. The van der Waals surface area contributed by atoms with E-state index in [0.717, 1.165) is 11.6 Å². The van der Waals surface area contributed by atoms with Gasteiger partial charge >= 0.3 is 11.9 Å².